The molecule has 0 aliphatic carbocycles. The van der Waals surface area contributed by atoms with E-state index in [0.29, 0.717) is 0 Å². The minimum atomic E-state index is 0.787. The molecule has 2 heteroatoms. The Morgan fingerprint density at radius 2 is 2.71 bits per heavy atom. The van der Waals surface area contributed by atoms with Gasteiger partial charge in [-0.1, -0.05) is 6.08 Å². The Morgan fingerprint density at radius 1 is 1.86 bits per heavy atom. The maximum atomic E-state index is 4.04. The molecule has 7 heavy (non-hydrogen) atoms. The van der Waals surface area contributed by atoms with Crippen molar-refractivity contribution in [2.24, 2.45) is 0 Å². The molecule has 0 aromatic rings. The van der Waals surface area contributed by atoms with Crippen LogP contribution in [0, 0.1) is 6.08 Å². The second-order valence-corrected chi connectivity index (χ2v) is 1.76. The molecule has 0 fully saturated rings. The van der Waals surface area contributed by atoms with Crippen molar-refractivity contribution in [2.45, 2.75) is 0 Å². The van der Waals surface area contributed by atoms with E-state index >= 15 is 0 Å². The van der Waals surface area contributed by atoms with E-state index in [1.807, 2.05) is 12.2 Å². The van der Waals surface area contributed by atoms with Gasteiger partial charge >= 0.3 is 0 Å². The summed E-state index contributed by atoms with van der Waals surface area (Å²) >= 11 is 4.04. The van der Waals surface area contributed by atoms with Crippen LogP contribution in [0.2, 0.25) is 0 Å². The van der Waals surface area contributed by atoms with Gasteiger partial charge in [0.1, 0.15) is 0 Å². The quantitative estimate of drug-likeness (QED) is 0.440. The number of hydrogen-bond acceptors (Lipinski definition) is 2. The highest BCUT2D eigenvalue weighted by Gasteiger charge is 1.86. The molecule has 0 aromatic heterocycles. The first-order chi connectivity index (χ1) is 3.39. The van der Waals surface area contributed by atoms with Crippen molar-refractivity contribution in [3.63, 3.8) is 0 Å². The lowest BCUT2D eigenvalue weighted by Crippen LogP contribution is -2.11. The van der Waals surface area contributed by atoms with Crippen LogP contribution in [0.4, 0.5) is 0 Å². The number of nitrogens with one attached hydrogen (secondary N) is 1. The summed E-state index contributed by atoms with van der Waals surface area (Å²) in [5.41, 5.74) is 0. The fourth-order valence-electron chi connectivity index (χ4n) is 0.397. The van der Waals surface area contributed by atoms with E-state index in [2.05, 4.69) is 24.0 Å². The van der Waals surface area contributed by atoms with Crippen LogP contribution in [0.15, 0.2) is 17.2 Å². The van der Waals surface area contributed by atoms with Crippen LogP contribution in [0.5, 0.6) is 0 Å². The zero-order chi connectivity index (χ0) is 5.11. The Kier molecular flexibility index (Phi) is 1.42. The van der Waals surface area contributed by atoms with Crippen molar-refractivity contribution >= 4 is 12.6 Å². The van der Waals surface area contributed by atoms with Crippen molar-refractivity contribution in [1.29, 1.82) is 0 Å². The SMILES string of the molecule is SC1=CC=[C]CN1. The predicted molar refractivity (Wildman–Crippen MR) is 32.9 cm³/mol. The minimum Gasteiger partial charge on any atom is -0.376 e. The van der Waals surface area contributed by atoms with Gasteiger partial charge in [-0.3, -0.25) is 0 Å². The molecule has 0 saturated heterocycles. The first-order valence-corrected chi connectivity index (χ1v) is 2.54. The van der Waals surface area contributed by atoms with Gasteiger partial charge in [-0.15, -0.1) is 12.6 Å². The maximum Gasteiger partial charge on any atom is 0.0653 e. The van der Waals surface area contributed by atoms with Gasteiger partial charge in [0.2, 0.25) is 0 Å². The highest BCUT2D eigenvalue weighted by atomic mass is 32.1. The third kappa shape index (κ3) is 1.27. The summed E-state index contributed by atoms with van der Waals surface area (Å²) in [5.74, 6) is 0. The molecule has 1 nitrogen and oxygen atoms in total. The van der Waals surface area contributed by atoms with Crippen LogP contribution < -0.4 is 5.32 Å². The molecular formula is C5H6NS. The molecule has 37 valence electrons. The number of rotatable bonds is 0. The lowest BCUT2D eigenvalue weighted by Gasteiger charge is -2.02. The van der Waals surface area contributed by atoms with Crippen LogP contribution in [-0.4, -0.2) is 6.54 Å². The van der Waals surface area contributed by atoms with Gasteiger partial charge in [0.15, 0.2) is 0 Å². The summed E-state index contributed by atoms with van der Waals surface area (Å²) in [6, 6.07) is 0. The van der Waals surface area contributed by atoms with Gasteiger partial charge in [-0.2, -0.15) is 0 Å². The Morgan fingerprint density at radius 3 is 3.00 bits per heavy atom. The predicted octanol–water partition coefficient (Wildman–Crippen LogP) is 0.720. The summed E-state index contributed by atoms with van der Waals surface area (Å²) in [4.78, 5) is 0. The topological polar surface area (TPSA) is 12.0 Å². The molecule has 0 unspecified atom stereocenters. The molecule has 1 radical (unpaired) electrons. The zero-order valence-electron chi connectivity index (χ0n) is 3.81. The molecule has 1 N–H and O–H groups in total. The van der Waals surface area contributed by atoms with E-state index in [4.69, 9.17) is 0 Å². The van der Waals surface area contributed by atoms with Crippen molar-refractivity contribution in [1.82, 2.24) is 5.32 Å². The summed E-state index contributed by atoms with van der Waals surface area (Å²) < 4.78 is 0. The fraction of sp³-hybridized carbons (Fsp3) is 0.200. The molecule has 0 bridgehead atoms. The first kappa shape index (κ1) is 4.78. The second-order valence-electron chi connectivity index (χ2n) is 1.28. The Hall–Kier alpha value is -0.370. The van der Waals surface area contributed by atoms with Gasteiger partial charge < -0.3 is 5.32 Å². The largest absolute Gasteiger partial charge is 0.376 e. The zero-order valence-corrected chi connectivity index (χ0v) is 4.70. The van der Waals surface area contributed by atoms with Crippen LogP contribution in [-0.2, 0) is 0 Å². The molecule has 1 aliphatic heterocycles. The maximum absolute atomic E-state index is 4.04. The first-order valence-electron chi connectivity index (χ1n) is 2.09. The number of thiol groups is 1. The van der Waals surface area contributed by atoms with Crippen LogP contribution >= 0.6 is 12.6 Å². The van der Waals surface area contributed by atoms with E-state index in [9.17, 15) is 0 Å². The molecule has 0 amide bonds. The number of dihydropyridines is 1. The van der Waals surface area contributed by atoms with E-state index in [1.54, 1.807) is 0 Å². The average molecular weight is 112 g/mol. The van der Waals surface area contributed by atoms with Crippen molar-refractivity contribution in [2.75, 3.05) is 6.54 Å². The third-order valence-corrected chi connectivity index (χ3v) is 1.04. The molecule has 1 heterocycles. The van der Waals surface area contributed by atoms with Gasteiger partial charge in [0.25, 0.3) is 0 Å². The van der Waals surface area contributed by atoms with Gasteiger partial charge in [0, 0.05) is 6.54 Å². The number of hydrogen-bond donors (Lipinski definition) is 2. The Balaban J connectivity index is 2.57. The fourth-order valence-corrected chi connectivity index (χ4v) is 0.551. The van der Waals surface area contributed by atoms with Crippen LogP contribution in [0.3, 0.4) is 0 Å². The van der Waals surface area contributed by atoms with Gasteiger partial charge in [-0.25, -0.2) is 0 Å². The van der Waals surface area contributed by atoms with E-state index in [-0.39, 0.29) is 0 Å². The van der Waals surface area contributed by atoms with Crippen LogP contribution in [0.1, 0.15) is 0 Å². The monoisotopic (exact) mass is 112 g/mol. The number of allylic oxidation sites excluding steroid dienone is 2. The lowest BCUT2D eigenvalue weighted by atomic mass is 10.4. The third-order valence-electron chi connectivity index (χ3n) is 0.731. The molecule has 0 saturated carbocycles. The summed E-state index contributed by atoms with van der Waals surface area (Å²) in [6.45, 7) is 0.787. The molecule has 1 rings (SSSR count). The lowest BCUT2D eigenvalue weighted by molar-refractivity contribution is 0.938. The molecular weight excluding hydrogens is 106 g/mol. The normalized spacial score (nSPS) is 18.1. The molecule has 0 aromatic carbocycles. The van der Waals surface area contributed by atoms with Gasteiger partial charge in [0.05, 0.1) is 5.03 Å². The van der Waals surface area contributed by atoms with Crippen molar-refractivity contribution in [3.05, 3.63) is 23.3 Å². The Bertz CT molecular complexity index is 115. The van der Waals surface area contributed by atoms with E-state index < -0.39 is 0 Å². The molecule has 1 aliphatic rings. The van der Waals surface area contributed by atoms with E-state index in [1.165, 1.54) is 0 Å². The second kappa shape index (κ2) is 2.07. The molecule has 0 atom stereocenters. The smallest absolute Gasteiger partial charge is 0.0653 e. The standard InChI is InChI=1S/C5H6NS/c7-5-3-1-2-4-6-5/h1,3,6-7H,4H2. The summed E-state index contributed by atoms with van der Waals surface area (Å²) in [7, 11) is 0. The van der Waals surface area contributed by atoms with Gasteiger partial charge in [-0.05, 0) is 12.2 Å². The van der Waals surface area contributed by atoms with Crippen molar-refractivity contribution < 1.29 is 0 Å². The average Bonchev–Trinajstić information content (AvgIpc) is 1.69. The molecule has 0 spiro atoms. The highest BCUT2D eigenvalue weighted by Crippen LogP contribution is 1.97. The van der Waals surface area contributed by atoms with Crippen molar-refractivity contribution in [3.8, 4) is 0 Å². The summed E-state index contributed by atoms with van der Waals surface area (Å²) in [5, 5.41) is 3.88. The van der Waals surface area contributed by atoms with Crippen LogP contribution in [0.25, 0.3) is 0 Å². The highest BCUT2D eigenvalue weighted by molar-refractivity contribution is 7.84. The van der Waals surface area contributed by atoms with E-state index in [0.717, 1.165) is 11.6 Å². The Labute approximate surface area is 48.5 Å². The summed E-state index contributed by atoms with van der Waals surface area (Å²) in [6.07, 6.45) is 6.68. The minimum absolute atomic E-state index is 0.787.